The van der Waals surface area contributed by atoms with Crippen molar-refractivity contribution in [3.05, 3.63) is 23.4 Å². The number of hydrogen-bond acceptors (Lipinski definition) is 4. The van der Waals surface area contributed by atoms with E-state index in [1.165, 1.54) is 10.6 Å². The molecule has 1 aromatic heterocycles. The first-order valence-corrected chi connectivity index (χ1v) is 8.93. The summed E-state index contributed by atoms with van der Waals surface area (Å²) in [6.07, 6.45) is 3.03. The van der Waals surface area contributed by atoms with E-state index in [-0.39, 0.29) is 6.04 Å². The molecule has 1 N–H and O–H groups in total. The van der Waals surface area contributed by atoms with Gasteiger partial charge in [-0.3, -0.25) is 5.10 Å². The number of hydrogen-bond donors (Lipinski definition) is 1. The Morgan fingerprint density at radius 3 is 2.81 bits per heavy atom. The maximum atomic E-state index is 11.7. The molecule has 6 nitrogen and oxygen atoms in total. The van der Waals surface area contributed by atoms with Crippen molar-refractivity contribution in [3.8, 4) is 0 Å². The van der Waals surface area contributed by atoms with E-state index in [0.717, 1.165) is 16.6 Å². The van der Waals surface area contributed by atoms with Crippen molar-refractivity contribution >= 4 is 38.2 Å². The average molecular weight is 329 g/mol. The molecule has 0 aliphatic carbocycles. The van der Waals surface area contributed by atoms with E-state index in [1.54, 1.807) is 6.20 Å². The monoisotopic (exact) mass is 328 g/mol. The number of H-pyrrole nitrogens is 1. The van der Waals surface area contributed by atoms with Crippen LogP contribution in [0.15, 0.2) is 18.3 Å². The van der Waals surface area contributed by atoms with Crippen molar-refractivity contribution in [2.75, 3.05) is 30.8 Å². The Bertz CT molecular complexity index is 774. The standard InChI is InChI=1S/C13H17ClN4O2S/c1-9-8-17(21(2,19)20)3-4-18(9)13-6-10(14)5-12-11(13)7-15-16-12/h5-7,9H,3-4,8H2,1-2H3,(H,15,16)/t9-/m0/s1. The zero-order chi connectivity index (χ0) is 15.2. The summed E-state index contributed by atoms with van der Waals surface area (Å²) in [6, 6.07) is 3.82. The van der Waals surface area contributed by atoms with Crippen LogP contribution in [0.1, 0.15) is 6.92 Å². The highest BCUT2D eigenvalue weighted by atomic mass is 35.5. The van der Waals surface area contributed by atoms with Gasteiger partial charge in [0.15, 0.2) is 0 Å². The molecule has 2 aromatic rings. The summed E-state index contributed by atoms with van der Waals surface area (Å²) in [6.45, 7) is 3.61. The molecule has 1 aliphatic heterocycles. The van der Waals surface area contributed by atoms with Crippen LogP contribution in [-0.4, -0.2) is 54.9 Å². The van der Waals surface area contributed by atoms with E-state index in [0.29, 0.717) is 24.7 Å². The van der Waals surface area contributed by atoms with Crippen molar-refractivity contribution in [1.29, 1.82) is 0 Å². The van der Waals surface area contributed by atoms with Crippen LogP contribution in [0, 0.1) is 0 Å². The topological polar surface area (TPSA) is 69.3 Å². The Morgan fingerprint density at radius 2 is 2.14 bits per heavy atom. The van der Waals surface area contributed by atoms with E-state index in [9.17, 15) is 8.42 Å². The number of aromatic amines is 1. The molecule has 1 fully saturated rings. The Morgan fingerprint density at radius 1 is 1.38 bits per heavy atom. The summed E-state index contributed by atoms with van der Waals surface area (Å²) in [5.74, 6) is 0. The summed E-state index contributed by atoms with van der Waals surface area (Å²) < 4.78 is 24.9. The quantitative estimate of drug-likeness (QED) is 0.910. The van der Waals surface area contributed by atoms with Gasteiger partial charge in [0.05, 0.1) is 18.0 Å². The number of benzene rings is 1. The molecular weight excluding hydrogens is 312 g/mol. The lowest BCUT2D eigenvalue weighted by Crippen LogP contribution is -2.53. The lowest BCUT2D eigenvalue weighted by atomic mass is 10.1. The van der Waals surface area contributed by atoms with Gasteiger partial charge in [-0.25, -0.2) is 8.42 Å². The van der Waals surface area contributed by atoms with Gasteiger partial charge in [0.25, 0.3) is 0 Å². The number of nitrogens with one attached hydrogen (secondary N) is 1. The SMILES string of the molecule is C[C@H]1CN(S(C)(=O)=O)CCN1c1cc(Cl)cc2[nH]ncc12. The molecule has 8 heteroatoms. The zero-order valence-electron chi connectivity index (χ0n) is 11.9. The summed E-state index contributed by atoms with van der Waals surface area (Å²) in [7, 11) is -3.14. The number of aromatic nitrogens is 2. The molecule has 3 rings (SSSR count). The van der Waals surface area contributed by atoms with Crippen molar-refractivity contribution in [1.82, 2.24) is 14.5 Å². The summed E-state index contributed by atoms with van der Waals surface area (Å²) in [4.78, 5) is 2.19. The molecule has 0 amide bonds. The van der Waals surface area contributed by atoms with Crippen LogP contribution < -0.4 is 4.90 Å². The van der Waals surface area contributed by atoms with Crippen LogP contribution >= 0.6 is 11.6 Å². The normalized spacial score (nSPS) is 21.1. The van der Waals surface area contributed by atoms with Gasteiger partial charge in [-0.05, 0) is 19.1 Å². The van der Waals surface area contributed by atoms with Gasteiger partial charge < -0.3 is 4.90 Å². The summed E-state index contributed by atoms with van der Waals surface area (Å²) in [5, 5.41) is 8.62. The van der Waals surface area contributed by atoms with Crippen molar-refractivity contribution in [2.45, 2.75) is 13.0 Å². The van der Waals surface area contributed by atoms with Crippen molar-refractivity contribution in [2.24, 2.45) is 0 Å². The van der Waals surface area contributed by atoms with Crippen LogP contribution in [0.4, 0.5) is 5.69 Å². The minimum Gasteiger partial charge on any atom is -0.366 e. The number of nitrogens with zero attached hydrogens (tertiary/aromatic N) is 3. The van der Waals surface area contributed by atoms with Gasteiger partial charge in [-0.1, -0.05) is 11.6 Å². The van der Waals surface area contributed by atoms with Gasteiger partial charge in [0.2, 0.25) is 10.0 Å². The summed E-state index contributed by atoms with van der Waals surface area (Å²) in [5.41, 5.74) is 1.88. The molecule has 0 saturated carbocycles. The van der Waals surface area contributed by atoms with Crippen LogP contribution in [0.3, 0.4) is 0 Å². The molecule has 1 aliphatic rings. The largest absolute Gasteiger partial charge is 0.366 e. The second-order valence-corrected chi connectivity index (χ2v) is 7.84. The molecule has 0 bridgehead atoms. The Hall–Kier alpha value is -1.31. The molecule has 0 spiro atoms. The molecule has 114 valence electrons. The molecular formula is C13H17ClN4O2S. The van der Waals surface area contributed by atoms with Crippen molar-refractivity contribution in [3.63, 3.8) is 0 Å². The molecule has 2 heterocycles. The van der Waals surface area contributed by atoms with Crippen molar-refractivity contribution < 1.29 is 8.42 Å². The second kappa shape index (κ2) is 5.15. The third-order valence-electron chi connectivity index (χ3n) is 3.87. The smallest absolute Gasteiger partial charge is 0.211 e. The van der Waals surface area contributed by atoms with Gasteiger partial charge in [-0.2, -0.15) is 9.40 Å². The fourth-order valence-corrected chi connectivity index (χ4v) is 3.93. The average Bonchev–Trinajstić information content (AvgIpc) is 2.84. The van der Waals surface area contributed by atoms with E-state index in [1.807, 2.05) is 19.1 Å². The molecule has 1 aromatic carbocycles. The number of fused-ring (bicyclic) bond motifs is 1. The first-order valence-electron chi connectivity index (χ1n) is 6.70. The van der Waals surface area contributed by atoms with Gasteiger partial charge in [0.1, 0.15) is 0 Å². The minimum absolute atomic E-state index is 0.0741. The third-order valence-corrected chi connectivity index (χ3v) is 5.36. The number of sulfonamides is 1. The molecule has 21 heavy (non-hydrogen) atoms. The van der Waals surface area contributed by atoms with E-state index < -0.39 is 10.0 Å². The van der Waals surface area contributed by atoms with Gasteiger partial charge in [0, 0.05) is 41.8 Å². The Balaban J connectivity index is 1.95. The highest BCUT2D eigenvalue weighted by Crippen LogP contribution is 2.32. The Kier molecular flexibility index (Phi) is 3.59. The maximum absolute atomic E-state index is 11.7. The second-order valence-electron chi connectivity index (χ2n) is 5.42. The first-order chi connectivity index (χ1) is 9.86. The molecule has 1 saturated heterocycles. The number of anilines is 1. The van der Waals surface area contributed by atoms with Crippen LogP contribution in [0.5, 0.6) is 0 Å². The number of piperazine rings is 1. The van der Waals surface area contributed by atoms with Gasteiger partial charge >= 0.3 is 0 Å². The fourth-order valence-electron chi connectivity index (χ4n) is 2.82. The molecule has 0 radical (unpaired) electrons. The predicted molar refractivity (Wildman–Crippen MR) is 84.3 cm³/mol. The van der Waals surface area contributed by atoms with Gasteiger partial charge in [-0.15, -0.1) is 0 Å². The van der Waals surface area contributed by atoms with E-state index in [2.05, 4.69) is 15.1 Å². The lowest BCUT2D eigenvalue weighted by molar-refractivity contribution is 0.345. The highest BCUT2D eigenvalue weighted by molar-refractivity contribution is 7.88. The Labute approximate surface area is 128 Å². The minimum atomic E-state index is -3.14. The summed E-state index contributed by atoms with van der Waals surface area (Å²) >= 11 is 6.17. The van der Waals surface area contributed by atoms with E-state index in [4.69, 9.17) is 11.6 Å². The van der Waals surface area contributed by atoms with Crippen LogP contribution in [-0.2, 0) is 10.0 Å². The first kappa shape index (κ1) is 14.6. The van der Waals surface area contributed by atoms with E-state index >= 15 is 0 Å². The highest BCUT2D eigenvalue weighted by Gasteiger charge is 2.29. The number of halogens is 1. The van der Waals surface area contributed by atoms with Crippen LogP contribution in [0.2, 0.25) is 5.02 Å². The molecule has 1 atom stereocenters. The van der Waals surface area contributed by atoms with Crippen LogP contribution in [0.25, 0.3) is 10.9 Å². The lowest BCUT2D eigenvalue weighted by Gasteiger charge is -2.40. The third kappa shape index (κ3) is 2.73. The number of rotatable bonds is 2. The maximum Gasteiger partial charge on any atom is 0.211 e. The fraction of sp³-hybridized carbons (Fsp3) is 0.462. The zero-order valence-corrected chi connectivity index (χ0v) is 13.4. The molecule has 0 unspecified atom stereocenters. The predicted octanol–water partition coefficient (Wildman–Crippen LogP) is 1.69.